The minimum atomic E-state index is 0.0388. The van der Waals surface area contributed by atoms with Gasteiger partial charge in [-0.3, -0.25) is 0 Å². The third-order valence-corrected chi connectivity index (χ3v) is 4.00. The highest BCUT2D eigenvalue weighted by atomic mass is 32.2. The second-order valence-electron chi connectivity index (χ2n) is 4.22. The molecule has 0 amide bonds. The summed E-state index contributed by atoms with van der Waals surface area (Å²) < 4.78 is 0. The van der Waals surface area contributed by atoms with E-state index in [9.17, 15) is 5.11 Å². The average Bonchev–Trinajstić information content (AvgIpc) is 2.66. The third-order valence-electron chi connectivity index (χ3n) is 3.16. The van der Waals surface area contributed by atoms with Gasteiger partial charge in [0.15, 0.2) is 0 Å². The number of hydrogen-bond acceptors (Lipinski definition) is 3. The number of nitrogens with one attached hydrogen (secondary N) is 1. The zero-order valence-corrected chi connectivity index (χ0v) is 10.0. The van der Waals surface area contributed by atoms with Crippen molar-refractivity contribution in [3.63, 3.8) is 0 Å². The molecule has 1 fully saturated rings. The number of aromatic hydroxyl groups is 1. The van der Waals surface area contributed by atoms with Gasteiger partial charge in [0, 0.05) is 5.54 Å². The summed E-state index contributed by atoms with van der Waals surface area (Å²) in [6, 6.07) is 5.80. The largest absolute Gasteiger partial charge is 0.507 e. The standard InChI is InChI=1S/C12H17NOS/c1-12(7-4-8-13-12)9-5-3-6-10(14)11(9)15-2/h3,5-6,13-14H,4,7-8H2,1-2H3. The van der Waals surface area contributed by atoms with Crippen molar-refractivity contribution in [1.29, 1.82) is 0 Å². The van der Waals surface area contributed by atoms with E-state index in [1.54, 1.807) is 17.8 Å². The maximum atomic E-state index is 9.82. The molecule has 1 aromatic rings. The van der Waals surface area contributed by atoms with Gasteiger partial charge >= 0.3 is 0 Å². The molecular formula is C12H17NOS. The molecule has 2 N–H and O–H groups in total. The Morgan fingerprint density at radius 3 is 2.87 bits per heavy atom. The number of hydrogen-bond donors (Lipinski definition) is 2. The Morgan fingerprint density at radius 2 is 2.27 bits per heavy atom. The van der Waals surface area contributed by atoms with Crippen LogP contribution in [0, 0.1) is 0 Å². The van der Waals surface area contributed by atoms with E-state index in [4.69, 9.17) is 0 Å². The van der Waals surface area contributed by atoms with Gasteiger partial charge in [0.1, 0.15) is 5.75 Å². The topological polar surface area (TPSA) is 32.3 Å². The molecule has 1 aliphatic heterocycles. The summed E-state index contributed by atoms with van der Waals surface area (Å²) in [5.41, 5.74) is 1.27. The lowest BCUT2D eigenvalue weighted by Gasteiger charge is -2.27. The summed E-state index contributed by atoms with van der Waals surface area (Å²) in [6.07, 6.45) is 4.36. The zero-order chi connectivity index (χ0) is 10.9. The molecule has 0 radical (unpaired) electrons. The van der Waals surface area contributed by atoms with Crippen LogP contribution in [0.1, 0.15) is 25.3 Å². The van der Waals surface area contributed by atoms with Crippen molar-refractivity contribution in [2.45, 2.75) is 30.2 Å². The Labute approximate surface area is 95.1 Å². The molecule has 0 aliphatic carbocycles. The number of benzene rings is 1. The predicted octanol–water partition coefficient (Wildman–Crippen LogP) is 2.71. The zero-order valence-electron chi connectivity index (χ0n) is 9.21. The fourth-order valence-electron chi connectivity index (χ4n) is 2.30. The summed E-state index contributed by atoms with van der Waals surface area (Å²) in [7, 11) is 0. The lowest BCUT2D eigenvalue weighted by Crippen LogP contribution is -2.33. The van der Waals surface area contributed by atoms with E-state index in [0.717, 1.165) is 17.9 Å². The first-order valence-corrected chi connectivity index (χ1v) is 6.51. The molecule has 1 aliphatic rings. The van der Waals surface area contributed by atoms with Gasteiger partial charge in [-0.05, 0) is 44.2 Å². The fraction of sp³-hybridized carbons (Fsp3) is 0.500. The highest BCUT2D eigenvalue weighted by molar-refractivity contribution is 7.98. The van der Waals surface area contributed by atoms with Crippen molar-refractivity contribution in [3.05, 3.63) is 23.8 Å². The highest BCUT2D eigenvalue weighted by Gasteiger charge is 2.32. The van der Waals surface area contributed by atoms with Crippen LogP contribution in [-0.4, -0.2) is 17.9 Å². The molecule has 0 bridgehead atoms. The van der Waals surface area contributed by atoms with Crippen LogP contribution in [-0.2, 0) is 5.54 Å². The van der Waals surface area contributed by atoms with Crippen molar-refractivity contribution < 1.29 is 5.11 Å². The molecule has 3 heteroatoms. The molecule has 0 aromatic heterocycles. The van der Waals surface area contributed by atoms with Crippen molar-refractivity contribution in [2.24, 2.45) is 0 Å². The number of rotatable bonds is 2. The Balaban J connectivity index is 2.47. The van der Waals surface area contributed by atoms with Crippen molar-refractivity contribution in [2.75, 3.05) is 12.8 Å². The molecule has 1 heterocycles. The molecule has 15 heavy (non-hydrogen) atoms. The lowest BCUT2D eigenvalue weighted by molar-refractivity contribution is 0.412. The molecule has 1 aromatic carbocycles. The van der Waals surface area contributed by atoms with E-state index < -0.39 is 0 Å². The van der Waals surface area contributed by atoms with Crippen LogP contribution in [0.5, 0.6) is 5.75 Å². The lowest BCUT2D eigenvalue weighted by atomic mass is 9.90. The van der Waals surface area contributed by atoms with Crippen LogP contribution in [0.3, 0.4) is 0 Å². The second-order valence-corrected chi connectivity index (χ2v) is 5.04. The van der Waals surface area contributed by atoms with Gasteiger partial charge in [0.25, 0.3) is 0 Å². The maximum Gasteiger partial charge on any atom is 0.129 e. The van der Waals surface area contributed by atoms with Gasteiger partial charge in [-0.1, -0.05) is 12.1 Å². The third kappa shape index (κ3) is 1.86. The van der Waals surface area contributed by atoms with E-state index in [2.05, 4.69) is 18.3 Å². The monoisotopic (exact) mass is 223 g/mol. The van der Waals surface area contributed by atoms with Gasteiger partial charge in [-0.15, -0.1) is 11.8 Å². The molecule has 1 atom stereocenters. The summed E-state index contributed by atoms with van der Waals surface area (Å²) >= 11 is 1.62. The summed E-state index contributed by atoms with van der Waals surface area (Å²) in [4.78, 5) is 1.01. The van der Waals surface area contributed by atoms with Gasteiger partial charge in [-0.2, -0.15) is 0 Å². The molecule has 0 spiro atoms. The van der Waals surface area contributed by atoms with E-state index in [1.807, 2.05) is 12.3 Å². The van der Waals surface area contributed by atoms with Crippen LogP contribution in [0.15, 0.2) is 23.1 Å². The fourth-order valence-corrected chi connectivity index (χ4v) is 3.09. The number of phenols is 1. The van der Waals surface area contributed by atoms with Crippen molar-refractivity contribution in [1.82, 2.24) is 5.32 Å². The van der Waals surface area contributed by atoms with E-state index in [1.165, 1.54) is 12.0 Å². The van der Waals surface area contributed by atoms with Crippen molar-refractivity contribution >= 4 is 11.8 Å². The van der Waals surface area contributed by atoms with Gasteiger partial charge < -0.3 is 10.4 Å². The van der Waals surface area contributed by atoms with Crippen LogP contribution in [0.2, 0.25) is 0 Å². The van der Waals surface area contributed by atoms with Crippen LogP contribution < -0.4 is 5.32 Å². The maximum absolute atomic E-state index is 9.82. The van der Waals surface area contributed by atoms with Gasteiger partial charge in [0.2, 0.25) is 0 Å². The number of thioether (sulfide) groups is 1. The van der Waals surface area contributed by atoms with E-state index in [0.29, 0.717) is 5.75 Å². The Morgan fingerprint density at radius 1 is 1.47 bits per heavy atom. The smallest absolute Gasteiger partial charge is 0.129 e. The van der Waals surface area contributed by atoms with Crippen molar-refractivity contribution in [3.8, 4) is 5.75 Å². The Kier molecular flexibility index (Phi) is 2.94. The highest BCUT2D eigenvalue weighted by Crippen LogP contribution is 2.39. The molecule has 0 saturated carbocycles. The average molecular weight is 223 g/mol. The summed E-state index contributed by atoms with van der Waals surface area (Å²) in [5.74, 6) is 0.398. The quantitative estimate of drug-likeness (QED) is 0.756. The second kappa shape index (κ2) is 4.06. The van der Waals surface area contributed by atoms with Crippen LogP contribution in [0.25, 0.3) is 0 Å². The Bertz CT molecular complexity index is 359. The molecular weight excluding hydrogens is 206 g/mol. The first-order chi connectivity index (χ1) is 7.17. The molecule has 1 unspecified atom stereocenters. The number of phenolic OH excluding ortho intramolecular Hbond substituents is 1. The van der Waals surface area contributed by atoms with E-state index in [-0.39, 0.29) is 5.54 Å². The van der Waals surface area contributed by atoms with Crippen LogP contribution >= 0.6 is 11.8 Å². The Hall–Kier alpha value is -0.670. The first kappa shape index (κ1) is 10.8. The summed E-state index contributed by atoms with van der Waals surface area (Å²) in [5, 5.41) is 13.3. The molecule has 2 nitrogen and oxygen atoms in total. The normalized spacial score (nSPS) is 25.7. The first-order valence-electron chi connectivity index (χ1n) is 5.29. The van der Waals surface area contributed by atoms with E-state index >= 15 is 0 Å². The van der Waals surface area contributed by atoms with Gasteiger partial charge in [0.05, 0.1) is 4.90 Å². The molecule has 1 saturated heterocycles. The van der Waals surface area contributed by atoms with Crippen LogP contribution in [0.4, 0.5) is 0 Å². The summed E-state index contributed by atoms with van der Waals surface area (Å²) in [6.45, 7) is 3.29. The molecule has 82 valence electrons. The minimum Gasteiger partial charge on any atom is -0.507 e. The molecule has 2 rings (SSSR count). The predicted molar refractivity (Wildman–Crippen MR) is 64.5 cm³/mol. The SMILES string of the molecule is CSc1c(O)cccc1C1(C)CCCN1. The van der Waals surface area contributed by atoms with Gasteiger partial charge in [-0.25, -0.2) is 0 Å². The minimum absolute atomic E-state index is 0.0388.